The van der Waals surface area contributed by atoms with Gasteiger partial charge in [-0.3, -0.25) is 19.5 Å². The third-order valence-corrected chi connectivity index (χ3v) is 6.03. The van der Waals surface area contributed by atoms with E-state index in [4.69, 9.17) is 11.6 Å². The second kappa shape index (κ2) is 11.5. The number of pyridine rings is 1. The fourth-order valence-electron chi connectivity index (χ4n) is 4.03. The van der Waals surface area contributed by atoms with Crippen LogP contribution in [0, 0.1) is 0 Å². The van der Waals surface area contributed by atoms with Gasteiger partial charge in [-0.05, 0) is 41.8 Å². The molecule has 1 aromatic heterocycles. The highest BCUT2D eigenvalue weighted by Crippen LogP contribution is 2.32. The number of hydrogen-bond donors (Lipinski definition) is 1. The van der Waals surface area contributed by atoms with E-state index in [2.05, 4.69) is 16.9 Å². The van der Waals surface area contributed by atoms with Crippen molar-refractivity contribution >= 4 is 29.1 Å². The number of carbonyl (C=O) groups is 2. The van der Waals surface area contributed by atoms with Crippen molar-refractivity contribution in [2.75, 3.05) is 4.90 Å². The van der Waals surface area contributed by atoms with Gasteiger partial charge in [0, 0.05) is 23.6 Å². The molecule has 5 nitrogen and oxygen atoms in total. The zero-order chi connectivity index (χ0) is 25.5. The van der Waals surface area contributed by atoms with Gasteiger partial charge in [0.05, 0.1) is 11.1 Å². The van der Waals surface area contributed by atoms with E-state index in [0.29, 0.717) is 11.3 Å². The first kappa shape index (κ1) is 24.9. The molecule has 2 amide bonds. The minimum atomic E-state index is -1.02. The number of rotatable bonds is 8. The monoisotopic (exact) mass is 495 g/mol. The predicted octanol–water partition coefficient (Wildman–Crippen LogP) is 6.45. The van der Waals surface area contributed by atoms with E-state index in [1.807, 2.05) is 79.7 Å². The SMILES string of the molecule is C=C(Cl)C(=O)N(c1ccc(-c2ccccc2)cc1)[C@@H](C(=O)N[C@@H](C)c1ccccc1)c1cccnc1. The number of nitrogens with zero attached hydrogens (tertiary/aromatic N) is 2. The van der Waals surface area contributed by atoms with Crippen LogP contribution in [-0.2, 0) is 9.59 Å². The minimum absolute atomic E-state index is 0.195. The summed E-state index contributed by atoms with van der Waals surface area (Å²) in [4.78, 5) is 32.7. The summed E-state index contributed by atoms with van der Waals surface area (Å²) >= 11 is 6.10. The predicted molar refractivity (Wildman–Crippen MR) is 144 cm³/mol. The third-order valence-electron chi connectivity index (χ3n) is 5.87. The molecule has 0 aliphatic carbocycles. The smallest absolute Gasteiger partial charge is 0.270 e. The van der Waals surface area contributed by atoms with Gasteiger partial charge in [-0.1, -0.05) is 97.0 Å². The maximum absolute atomic E-state index is 13.8. The second-order valence-corrected chi connectivity index (χ2v) is 8.78. The highest BCUT2D eigenvalue weighted by atomic mass is 35.5. The maximum Gasteiger partial charge on any atom is 0.270 e. The molecule has 2 atom stereocenters. The molecular formula is C30H26ClN3O2. The largest absolute Gasteiger partial charge is 0.347 e. The zero-order valence-corrected chi connectivity index (χ0v) is 20.6. The van der Waals surface area contributed by atoms with Crippen molar-refractivity contribution in [3.63, 3.8) is 0 Å². The van der Waals surface area contributed by atoms with Gasteiger partial charge in [-0.2, -0.15) is 0 Å². The van der Waals surface area contributed by atoms with Crippen molar-refractivity contribution in [3.05, 3.63) is 132 Å². The Morgan fingerprint density at radius 2 is 1.42 bits per heavy atom. The fraction of sp³-hybridized carbons (Fsp3) is 0.100. The van der Waals surface area contributed by atoms with E-state index in [9.17, 15) is 9.59 Å². The number of benzene rings is 3. The molecule has 0 unspecified atom stereocenters. The van der Waals surface area contributed by atoms with Crippen LogP contribution in [0.1, 0.15) is 30.1 Å². The van der Waals surface area contributed by atoms with Crippen molar-refractivity contribution in [2.45, 2.75) is 19.0 Å². The lowest BCUT2D eigenvalue weighted by Gasteiger charge is -2.32. The third kappa shape index (κ3) is 5.70. The molecule has 0 radical (unpaired) electrons. The van der Waals surface area contributed by atoms with Crippen LogP contribution in [0.3, 0.4) is 0 Å². The molecule has 6 heteroatoms. The molecule has 0 bridgehead atoms. The van der Waals surface area contributed by atoms with Gasteiger partial charge in [0.15, 0.2) is 0 Å². The van der Waals surface area contributed by atoms with Crippen LogP contribution < -0.4 is 10.2 Å². The van der Waals surface area contributed by atoms with E-state index in [1.165, 1.54) is 4.90 Å². The standard InChI is InChI=1S/C30H26ClN3O2/c1-21(31)30(36)34(27-17-15-25(16-18-27)24-12-7-4-8-13-24)28(26-14-9-19-32-20-26)29(35)33-22(2)23-10-5-3-6-11-23/h3-20,22,28H,1H2,2H3,(H,33,35)/t22-,28+/m0/s1. The summed E-state index contributed by atoms with van der Waals surface area (Å²) in [6, 6.07) is 29.2. The van der Waals surface area contributed by atoms with Gasteiger partial charge in [0.2, 0.25) is 5.91 Å². The fourth-order valence-corrected chi connectivity index (χ4v) is 4.12. The lowest BCUT2D eigenvalue weighted by Crippen LogP contribution is -2.44. The molecule has 0 fully saturated rings. The van der Waals surface area contributed by atoms with E-state index >= 15 is 0 Å². The Kier molecular flexibility index (Phi) is 7.93. The minimum Gasteiger partial charge on any atom is -0.347 e. The van der Waals surface area contributed by atoms with Crippen molar-refractivity contribution in [3.8, 4) is 11.1 Å². The Morgan fingerprint density at radius 3 is 2.00 bits per heavy atom. The Labute approximate surface area is 216 Å². The summed E-state index contributed by atoms with van der Waals surface area (Å²) in [5, 5.41) is 2.85. The molecule has 180 valence electrons. The molecule has 1 heterocycles. The van der Waals surface area contributed by atoms with Gasteiger partial charge < -0.3 is 5.32 Å². The van der Waals surface area contributed by atoms with Crippen LogP contribution >= 0.6 is 11.6 Å². The van der Waals surface area contributed by atoms with E-state index in [-0.39, 0.29) is 17.0 Å². The number of halogens is 1. The molecule has 0 saturated heterocycles. The normalized spacial score (nSPS) is 12.3. The maximum atomic E-state index is 13.8. The summed E-state index contributed by atoms with van der Waals surface area (Å²) < 4.78 is 0. The lowest BCUT2D eigenvalue weighted by molar-refractivity contribution is -0.125. The first-order valence-electron chi connectivity index (χ1n) is 11.5. The molecule has 0 aliphatic heterocycles. The van der Waals surface area contributed by atoms with Crippen molar-refractivity contribution in [1.29, 1.82) is 0 Å². The lowest BCUT2D eigenvalue weighted by atomic mass is 10.0. The number of amides is 2. The Bertz CT molecular complexity index is 1330. The molecule has 4 rings (SSSR count). The number of nitrogens with one attached hydrogen (secondary N) is 1. The Hall–Kier alpha value is -4.22. The first-order chi connectivity index (χ1) is 17.5. The molecule has 36 heavy (non-hydrogen) atoms. The van der Waals surface area contributed by atoms with Gasteiger partial charge >= 0.3 is 0 Å². The molecule has 0 saturated carbocycles. The van der Waals surface area contributed by atoms with E-state index < -0.39 is 11.9 Å². The van der Waals surface area contributed by atoms with Crippen LogP contribution in [0.15, 0.2) is 121 Å². The molecule has 4 aromatic rings. The molecular weight excluding hydrogens is 470 g/mol. The number of aromatic nitrogens is 1. The highest BCUT2D eigenvalue weighted by Gasteiger charge is 2.34. The first-order valence-corrected chi connectivity index (χ1v) is 11.9. The summed E-state index contributed by atoms with van der Waals surface area (Å²) in [5.74, 6) is -0.932. The molecule has 3 aromatic carbocycles. The average molecular weight is 496 g/mol. The van der Waals surface area contributed by atoms with Gasteiger partial charge in [0.1, 0.15) is 6.04 Å². The molecule has 1 N–H and O–H groups in total. The summed E-state index contributed by atoms with van der Waals surface area (Å²) in [6.45, 7) is 5.54. The van der Waals surface area contributed by atoms with Crippen molar-refractivity contribution in [2.24, 2.45) is 0 Å². The quantitative estimate of drug-likeness (QED) is 0.285. The van der Waals surface area contributed by atoms with Crippen LogP contribution in [0.25, 0.3) is 11.1 Å². The van der Waals surface area contributed by atoms with Crippen LogP contribution in [-0.4, -0.2) is 16.8 Å². The topological polar surface area (TPSA) is 62.3 Å². The van der Waals surface area contributed by atoms with Crippen molar-refractivity contribution < 1.29 is 9.59 Å². The summed E-state index contributed by atoms with van der Waals surface area (Å²) in [6.07, 6.45) is 3.19. The second-order valence-electron chi connectivity index (χ2n) is 8.32. The Morgan fingerprint density at radius 1 is 0.833 bits per heavy atom. The van der Waals surface area contributed by atoms with Gasteiger partial charge in [0.25, 0.3) is 5.91 Å². The van der Waals surface area contributed by atoms with Crippen LogP contribution in [0.5, 0.6) is 0 Å². The van der Waals surface area contributed by atoms with Gasteiger partial charge in [-0.15, -0.1) is 0 Å². The molecule has 0 spiro atoms. The summed E-state index contributed by atoms with van der Waals surface area (Å²) in [7, 11) is 0. The van der Waals surface area contributed by atoms with Crippen molar-refractivity contribution in [1.82, 2.24) is 10.3 Å². The average Bonchev–Trinajstić information content (AvgIpc) is 2.92. The van der Waals surface area contributed by atoms with Crippen LogP contribution in [0.4, 0.5) is 5.69 Å². The number of hydrogen-bond acceptors (Lipinski definition) is 3. The Balaban J connectivity index is 1.74. The summed E-state index contributed by atoms with van der Waals surface area (Å²) in [5.41, 5.74) is 4.03. The van der Waals surface area contributed by atoms with E-state index in [1.54, 1.807) is 36.7 Å². The van der Waals surface area contributed by atoms with Gasteiger partial charge in [-0.25, -0.2) is 0 Å². The number of carbonyl (C=O) groups excluding carboxylic acids is 2. The van der Waals surface area contributed by atoms with E-state index in [0.717, 1.165) is 16.7 Å². The highest BCUT2D eigenvalue weighted by molar-refractivity contribution is 6.44. The molecule has 0 aliphatic rings. The zero-order valence-electron chi connectivity index (χ0n) is 19.8. The number of anilines is 1. The van der Waals surface area contributed by atoms with Crippen LogP contribution in [0.2, 0.25) is 0 Å².